The Morgan fingerprint density at radius 1 is 1.12 bits per heavy atom. The molecule has 4 aliphatic carbocycles. The normalized spacial score (nSPS) is 52.2. The van der Waals surface area contributed by atoms with E-state index in [2.05, 4.69) is 13.8 Å². The molecule has 0 aromatic rings. The zero-order chi connectivity index (χ0) is 18.0. The van der Waals surface area contributed by atoms with Crippen LogP contribution in [0.4, 0.5) is 4.39 Å². The van der Waals surface area contributed by atoms with Gasteiger partial charge in [-0.15, -0.1) is 0 Å². The summed E-state index contributed by atoms with van der Waals surface area (Å²) in [4.78, 5) is 24.2. The smallest absolute Gasteiger partial charge is 0.161 e. The summed E-state index contributed by atoms with van der Waals surface area (Å²) in [7, 11) is 0. The number of hydrogen-bond donors (Lipinski definition) is 1. The lowest BCUT2D eigenvalue weighted by Crippen LogP contribution is -2.57. The van der Waals surface area contributed by atoms with Crippen LogP contribution >= 0.6 is 0 Å². The molecule has 4 saturated carbocycles. The summed E-state index contributed by atoms with van der Waals surface area (Å²) in [6.07, 6.45) is 5.43. The van der Waals surface area contributed by atoms with Gasteiger partial charge in [0.05, 0.1) is 0 Å². The Kier molecular flexibility index (Phi) is 4.14. The molecule has 0 aliphatic heterocycles. The van der Waals surface area contributed by atoms with E-state index in [0.717, 1.165) is 32.1 Å². The second-order valence-corrected chi connectivity index (χ2v) is 9.78. The molecule has 4 rings (SSSR count). The van der Waals surface area contributed by atoms with E-state index in [0.29, 0.717) is 37.0 Å². The van der Waals surface area contributed by atoms with Crippen LogP contribution in [0.3, 0.4) is 0 Å². The maximum atomic E-state index is 15.2. The van der Waals surface area contributed by atoms with Crippen LogP contribution < -0.4 is 0 Å². The minimum atomic E-state index is -0.884. The number of Topliss-reactive ketones (excluding diaryl/α,β-unsaturated/α-hetero) is 2. The highest BCUT2D eigenvalue weighted by Crippen LogP contribution is 2.67. The molecule has 3 nitrogen and oxygen atoms in total. The van der Waals surface area contributed by atoms with Gasteiger partial charge in [-0.2, -0.15) is 0 Å². The summed E-state index contributed by atoms with van der Waals surface area (Å²) in [5.74, 6) is 1.26. The van der Waals surface area contributed by atoms with Crippen molar-refractivity contribution in [2.45, 2.75) is 71.4 Å². The summed E-state index contributed by atoms with van der Waals surface area (Å²) in [5, 5.41) is 9.35. The molecule has 0 aromatic heterocycles. The van der Waals surface area contributed by atoms with Gasteiger partial charge in [0.2, 0.25) is 0 Å². The number of alkyl halides is 1. The lowest BCUT2D eigenvalue weighted by atomic mass is 9.44. The van der Waals surface area contributed by atoms with Crippen molar-refractivity contribution >= 4 is 11.6 Å². The Morgan fingerprint density at radius 2 is 1.84 bits per heavy atom. The molecule has 4 aliphatic rings. The Bertz CT molecular complexity index is 590. The predicted octanol–water partition coefficient (Wildman–Crippen LogP) is 3.72. The number of aliphatic hydroxyl groups excluding tert-OH is 1. The fourth-order valence-corrected chi connectivity index (χ4v) is 7.67. The molecule has 0 amide bonds. The van der Waals surface area contributed by atoms with Gasteiger partial charge in [-0.05, 0) is 67.1 Å². The van der Waals surface area contributed by atoms with E-state index in [1.54, 1.807) is 0 Å². The van der Waals surface area contributed by atoms with Crippen molar-refractivity contribution in [1.29, 1.82) is 0 Å². The number of carbonyl (C=O) groups excluding carboxylic acids is 2. The van der Waals surface area contributed by atoms with Gasteiger partial charge in [-0.1, -0.05) is 13.8 Å². The van der Waals surface area contributed by atoms with Gasteiger partial charge < -0.3 is 5.11 Å². The molecule has 8 atom stereocenters. The Hall–Kier alpha value is -0.770. The van der Waals surface area contributed by atoms with E-state index in [1.165, 1.54) is 0 Å². The summed E-state index contributed by atoms with van der Waals surface area (Å²) in [5.41, 5.74) is -0.134. The van der Waals surface area contributed by atoms with Crippen molar-refractivity contribution < 1.29 is 19.1 Å². The summed E-state index contributed by atoms with van der Waals surface area (Å²) >= 11 is 0. The molecule has 140 valence electrons. The third-order valence-electron chi connectivity index (χ3n) is 9.00. The Balaban J connectivity index is 1.64. The van der Waals surface area contributed by atoms with Crippen LogP contribution in [0.25, 0.3) is 0 Å². The van der Waals surface area contributed by atoms with Gasteiger partial charge in [-0.3, -0.25) is 9.59 Å². The first-order valence-corrected chi connectivity index (χ1v) is 10.1. The number of fused-ring (bicyclic) bond motifs is 5. The van der Waals surface area contributed by atoms with E-state index >= 15 is 4.39 Å². The van der Waals surface area contributed by atoms with Gasteiger partial charge >= 0.3 is 0 Å². The fourth-order valence-electron chi connectivity index (χ4n) is 7.67. The van der Waals surface area contributed by atoms with Crippen molar-refractivity contribution in [2.24, 2.45) is 40.4 Å². The molecule has 0 radical (unpaired) electrons. The zero-order valence-corrected chi connectivity index (χ0v) is 15.5. The summed E-state index contributed by atoms with van der Waals surface area (Å²) in [6, 6.07) is 0. The molecule has 0 saturated heterocycles. The molecule has 1 N–H and O–H groups in total. The van der Waals surface area contributed by atoms with Crippen LogP contribution in [0.5, 0.6) is 0 Å². The second-order valence-electron chi connectivity index (χ2n) is 9.78. The quantitative estimate of drug-likeness (QED) is 0.826. The van der Waals surface area contributed by atoms with Gasteiger partial charge in [0.15, 0.2) is 5.78 Å². The van der Waals surface area contributed by atoms with Crippen LogP contribution in [-0.4, -0.2) is 29.5 Å². The van der Waals surface area contributed by atoms with Crippen LogP contribution in [0.15, 0.2) is 0 Å². The number of ketones is 2. The zero-order valence-electron chi connectivity index (χ0n) is 15.5. The van der Waals surface area contributed by atoms with Crippen molar-refractivity contribution in [3.63, 3.8) is 0 Å². The molecular formula is C21H31FO3. The molecule has 0 unspecified atom stereocenters. The standard InChI is InChI=1S/C21H31FO3/c1-20-8-6-15-13(14(20)3-4-16(20)19(25)11-23)10-18(22)17-9-12(24)5-7-21(15,17)2/h13-18,23H,3-11H2,1-2H3/t13-,14-,15-,16+,17-,18+,20-,21+/m0/s1. The molecule has 0 heterocycles. The Labute approximate surface area is 149 Å². The van der Waals surface area contributed by atoms with Gasteiger partial charge in [0, 0.05) is 24.7 Å². The molecule has 0 bridgehead atoms. The number of rotatable bonds is 2. The third kappa shape index (κ3) is 2.39. The first-order valence-electron chi connectivity index (χ1n) is 10.1. The van der Waals surface area contributed by atoms with Crippen LogP contribution in [0.2, 0.25) is 0 Å². The predicted molar refractivity (Wildman–Crippen MR) is 92.6 cm³/mol. The van der Waals surface area contributed by atoms with E-state index in [4.69, 9.17) is 0 Å². The summed E-state index contributed by atoms with van der Waals surface area (Å²) < 4.78 is 15.2. The third-order valence-corrected chi connectivity index (χ3v) is 9.00. The Morgan fingerprint density at radius 3 is 2.56 bits per heavy atom. The first kappa shape index (κ1) is 17.6. The summed E-state index contributed by atoms with van der Waals surface area (Å²) in [6.45, 7) is 4.08. The van der Waals surface area contributed by atoms with Crippen molar-refractivity contribution in [2.75, 3.05) is 6.61 Å². The lowest BCUT2D eigenvalue weighted by molar-refractivity contribution is -0.156. The van der Waals surface area contributed by atoms with E-state index in [-0.39, 0.29) is 40.8 Å². The lowest BCUT2D eigenvalue weighted by Gasteiger charge is -2.60. The minimum Gasteiger partial charge on any atom is -0.389 e. The molecule has 4 heteroatoms. The monoisotopic (exact) mass is 350 g/mol. The highest BCUT2D eigenvalue weighted by molar-refractivity contribution is 5.83. The van der Waals surface area contributed by atoms with Crippen molar-refractivity contribution in [3.8, 4) is 0 Å². The van der Waals surface area contributed by atoms with Crippen molar-refractivity contribution in [1.82, 2.24) is 0 Å². The maximum absolute atomic E-state index is 15.2. The number of halogens is 1. The molecule has 0 spiro atoms. The fraction of sp³-hybridized carbons (Fsp3) is 0.905. The molecule has 25 heavy (non-hydrogen) atoms. The highest BCUT2D eigenvalue weighted by Gasteiger charge is 2.63. The van der Waals surface area contributed by atoms with Crippen LogP contribution in [0, 0.1) is 40.4 Å². The average molecular weight is 350 g/mol. The topological polar surface area (TPSA) is 54.4 Å². The number of hydrogen-bond acceptors (Lipinski definition) is 3. The highest BCUT2D eigenvalue weighted by atomic mass is 19.1. The molecular weight excluding hydrogens is 319 g/mol. The van der Waals surface area contributed by atoms with Crippen LogP contribution in [0.1, 0.15) is 65.2 Å². The molecule has 0 aromatic carbocycles. The van der Waals surface area contributed by atoms with E-state index in [1.807, 2.05) is 0 Å². The maximum Gasteiger partial charge on any atom is 0.161 e. The first-order chi connectivity index (χ1) is 11.8. The minimum absolute atomic E-state index is 0.0246. The van der Waals surface area contributed by atoms with E-state index < -0.39 is 6.17 Å². The molecule has 4 fully saturated rings. The largest absolute Gasteiger partial charge is 0.389 e. The van der Waals surface area contributed by atoms with Gasteiger partial charge in [0.1, 0.15) is 18.6 Å². The van der Waals surface area contributed by atoms with Crippen LogP contribution in [-0.2, 0) is 9.59 Å². The second kappa shape index (κ2) is 5.87. The van der Waals surface area contributed by atoms with Gasteiger partial charge in [0.25, 0.3) is 0 Å². The van der Waals surface area contributed by atoms with E-state index in [9.17, 15) is 14.7 Å². The average Bonchev–Trinajstić information content (AvgIpc) is 2.93. The van der Waals surface area contributed by atoms with Gasteiger partial charge in [-0.25, -0.2) is 4.39 Å². The number of aliphatic hydroxyl groups is 1. The number of carbonyl (C=O) groups is 2. The van der Waals surface area contributed by atoms with Crippen molar-refractivity contribution in [3.05, 3.63) is 0 Å². The SMILES string of the molecule is C[C@]12CCC(=O)C[C@H]1[C@H](F)C[C@@H]1[C@@H]2CC[C@]2(C)[C@@H](C(=O)CO)CC[C@@H]12.